The van der Waals surface area contributed by atoms with Crippen molar-refractivity contribution in [1.29, 1.82) is 0 Å². The summed E-state index contributed by atoms with van der Waals surface area (Å²) in [7, 11) is 0. The summed E-state index contributed by atoms with van der Waals surface area (Å²) in [5.74, 6) is 0.752. The van der Waals surface area contributed by atoms with Gasteiger partial charge in [-0.3, -0.25) is 4.79 Å². The molecule has 2 bridgehead atoms. The largest absolute Gasteiger partial charge is 0.464 e. The van der Waals surface area contributed by atoms with Gasteiger partial charge in [0.25, 0.3) is 6.47 Å². The monoisotopic (exact) mass is 182 g/mol. The second-order valence-corrected chi connectivity index (χ2v) is 5.33. The van der Waals surface area contributed by atoms with Gasteiger partial charge in [-0.15, -0.1) is 0 Å². The Kier molecular flexibility index (Phi) is 1.73. The Morgan fingerprint density at radius 3 is 2.46 bits per heavy atom. The van der Waals surface area contributed by atoms with Crippen molar-refractivity contribution in [1.82, 2.24) is 0 Å². The van der Waals surface area contributed by atoms with Gasteiger partial charge in [0, 0.05) is 5.41 Å². The molecule has 0 N–H and O–H groups in total. The number of rotatable bonds is 2. The lowest BCUT2D eigenvalue weighted by molar-refractivity contribution is -0.141. The summed E-state index contributed by atoms with van der Waals surface area (Å²) in [6, 6.07) is 0. The van der Waals surface area contributed by atoms with Crippen LogP contribution in [-0.4, -0.2) is 12.6 Å². The van der Waals surface area contributed by atoms with Gasteiger partial charge in [-0.2, -0.15) is 0 Å². The molecule has 2 fully saturated rings. The highest BCUT2D eigenvalue weighted by Gasteiger charge is 2.62. The molecule has 0 aromatic heterocycles. The Morgan fingerprint density at radius 2 is 2.08 bits per heavy atom. The normalized spacial score (nSPS) is 46.4. The topological polar surface area (TPSA) is 26.3 Å². The van der Waals surface area contributed by atoms with Crippen molar-refractivity contribution < 1.29 is 9.53 Å². The average molecular weight is 182 g/mol. The lowest BCUT2D eigenvalue weighted by atomic mass is 9.70. The molecule has 0 amide bonds. The Labute approximate surface area is 79.7 Å². The van der Waals surface area contributed by atoms with Crippen LogP contribution in [0.4, 0.5) is 0 Å². The third-order valence-electron chi connectivity index (χ3n) is 4.93. The number of hydrogen-bond acceptors (Lipinski definition) is 2. The second-order valence-electron chi connectivity index (χ2n) is 5.33. The number of carbonyl (C=O) groups is 1. The van der Waals surface area contributed by atoms with Gasteiger partial charge >= 0.3 is 0 Å². The van der Waals surface area contributed by atoms with Crippen molar-refractivity contribution in [2.45, 2.75) is 46.1 Å². The molecule has 0 aromatic carbocycles. The zero-order valence-corrected chi connectivity index (χ0v) is 8.67. The highest BCUT2D eigenvalue weighted by molar-refractivity contribution is 5.38. The van der Waals surface area contributed by atoms with Crippen molar-refractivity contribution in [3.05, 3.63) is 0 Å². The fourth-order valence-corrected chi connectivity index (χ4v) is 3.40. The van der Waals surface area contributed by atoms with Gasteiger partial charge in [0.2, 0.25) is 0 Å². The van der Waals surface area contributed by atoms with Gasteiger partial charge in [-0.1, -0.05) is 20.8 Å². The predicted octanol–water partition coefficient (Wildman–Crippen LogP) is 2.37. The van der Waals surface area contributed by atoms with Crippen LogP contribution in [0.5, 0.6) is 0 Å². The number of hydrogen-bond donors (Lipinski definition) is 0. The molecule has 2 aliphatic carbocycles. The van der Waals surface area contributed by atoms with Crippen LogP contribution in [0.3, 0.4) is 0 Å². The Morgan fingerprint density at radius 1 is 1.38 bits per heavy atom. The summed E-state index contributed by atoms with van der Waals surface area (Å²) in [5, 5.41) is 0. The predicted molar refractivity (Wildman–Crippen MR) is 50.2 cm³/mol. The zero-order valence-electron chi connectivity index (χ0n) is 8.67. The molecule has 2 nitrogen and oxygen atoms in total. The molecule has 2 saturated carbocycles. The molecule has 0 aromatic rings. The maximum absolute atomic E-state index is 10.4. The van der Waals surface area contributed by atoms with Gasteiger partial charge in [-0.05, 0) is 30.6 Å². The first-order valence-electron chi connectivity index (χ1n) is 5.11. The minimum absolute atomic E-state index is 0.166. The minimum atomic E-state index is 0.166. The third kappa shape index (κ3) is 0.918. The molecule has 13 heavy (non-hydrogen) atoms. The SMILES string of the molecule is CC1(C)[C@H]2CC[C@]1(C)[C@H](OC=O)C2. The first kappa shape index (κ1) is 9.04. The van der Waals surface area contributed by atoms with Crippen LogP contribution >= 0.6 is 0 Å². The van der Waals surface area contributed by atoms with E-state index in [0.29, 0.717) is 11.9 Å². The van der Waals surface area contributed by atoms with Crippen LogP contribution in [-0.2, 0) is 9.53 Å². The average Bonchev–Trinajstić information content (AvgIpc) is 2.37. The summed E-state index contributed by atoms with van der Waals surface area (Å²) in [4.78, 5) is 10.4. The van der Waals surface area contributed by atoms with E-state index in [1.807, 2.05) is 0 Å². The quantitative estimate of drug-likeness (QED) is 0.613. The number of ether oxygens (including phenoxy) is 1. The molecule has 2 heteroatoms. The van der Waals surface area contributed by atoms with Crippen LogP contribution < -0.4 is 0 Å². The standard InChI is InChI=1S/C11H18O2/c1-10(2)8-4-5-11(10,3)9(6-8)13-7-12/h7-9H,4-6H2,1-3H3/t8-,9+,11+/m0/s1. The molecular weight excluding hydrogens is 164 g/mol. The Balaban J connectivity index is 2.27. The van der Waals surface area contributed by atoms with Crippen molar-refractivity contribution in [3.63, 3.8) is 0 Å². The molecule has 2 rings (SSSR count). The Bertz CT molecular complexity index is 234. The van der Waals surface area contributed by atoms with Crippen LogP contribution in [0.25, 0.3) is 0 Å². The van der Waals surface area contributed by atoms with Gasteiger partial charge < -0.3 is 4.74 Å². The molecule has 0 saturated heterocycles. The summed E-state index contributed by atoms with van der Waals surface area (Å²) in [6.07, 6.45) is 3.76. The summed E-state index contributed by atoms with van der Waals surface area (Å²) in [6.45, 7) is 7.53. The van der Waals surface area contributed by atoms with E-state index < -0.39 is 0 Å². The minimum Gasteiger partial charge on any atom is -0.464 e. The number of fused-ring (bicyclic) bond motifs is 2. The van der Waals surface area contributed by atoms with Crippen LogP contribution in [0.2, 0.25) is 0 Å². The molecule has 2 aliphatic rings. The third-order valence-corrected chi connectivity index (χ3v) is 4.93. The van der Waals surface area contributed by atoms with Crippen LogP contribution in [0.15, 0.2) is 0 Å². The molecule has 3 atom stereocenters. The summed E-state index contributed by atoms with van der Waals surface area (Å²) < 4.78 is 5.19. The van der Waals surface area contributed by atoms with Gasteiger partial charge in [0.05, 0.1) is 0 Å². The van der Waals surface area contributed by atoms with Gasteiger partial charge in [0.15, 0.2) is 0 Å². The summed E-state index contributed by atoms with van der Waals surface area (Å²) >= 11 is 0. The molecular formula is C11H18O2. The van der Waals surface area contributed by atoms with E-state index in [-0.39, 0.29) is 11.5 Å². The summed E-state index contributed by atoms with van der Waals surface area (Å²) in [5.41, 5.74) is 0.569. The van der Waals surface area contributed by atoms with Crippen LogP contribution in [0, 0.1) is 16.7 Å². The lowest BCUT2D eigenvalue weighted by Crippen LogP contribution is -2.36. The van der Waals surface area contributed by atoms with E-state index in [9.17, 15) is 4.79 Å². The highest BCUT2D eigenvalue weighted by atomic mass is 16.5. The van der Waals surface area contributed by atoms with E-state index in [1.165, 1.54) is 12.8 Å². The molecule has 0 unspecified atom stereocenters. The van der Waals surface area contributed by atoms with Gasteiger partial charge in [0.1, 0.15) is 6.10 Å². The molecule has 0 radical (unpaired) electrons. The number of carbonyl (C=O) groups excluding carboxylic acids is 1. The molecule has 0 spiro atoms. The van der Waals surface area contributed by atoms with Crippen molar-refractivity contribution >= 4 is 6.47 Å². The fraction of sp³-hybridized carbons (Fsp3) is 0.909. The van der Waals surface area contributed by atoms with E-state index in [0.717, 1.165) is 12.3 Å². The zero-order chi connectivity index (χ0) is 9.69. The van der Waals surface area contributed by atoms with Gasteiger partial charge in [-0.25, -0.2) is 0 Å². The van der Waals surface area contributed by atoms with E-state index >= 15 is 0 Å². The Hall–Kier alpha value is -0.530. The molecule has 74 valence electrons. The molecule has 0 aliphatic heterocycles. The lowest BCUT2D eigenvalue weighted by Gasteiger charge is -2.37. The highest BCUT2D eigenvalue weighted by Crippen LogP contribution is 2.66. The van der Waals surface area contributed by atoms with E-state index in [4.69, 9.17) is 4.74 Å². The first-order chi connectivity index (χ1) is 6.02. The van der Waals surface area contributed by atoms with E-state index in [1.54, 1.807) is 0 Å². The molecule has 0 heterocycles. The van der Waals surface area contributed by atoms with Crippen molar-refractivity contribution in [2.24, 2.45) is 16.7 Å². The fourth-order valence-electron chi connectivity index (χ4n) is 3.40. The second kappa shape index (κ2) is 2.49. The first-order valence-corrected chi connectivity index (χ1v) is 5.11. The van der Waals surface area contributed by atoms with E-state index in [2.05, 4.69) is 20.8 Å². The maximum Gasteiger partial charge on any atom is 0.293 e. The smallest absolute Gasteiger partial charge is 0.293 e. The van der Waals surface area contributed by atoms with Crippen molar-refractivity contribution in [2.75, 3.05) is 0 Å². The van der Waals surface area contributed by atoms with Crippen LogP contribution in [0.1, 0.15) is 40.0 Å². The van der Waals surface area contributed by atoms with Crippen molar-refractivity contribution in [3.8, 4) is 0 Å². The maximum atomic E-state index is 10.4.